The highest BCUT2D eigenvalue weighted by atomic mass is 32.2. The summed E-state index contributed by atoms with van der Waals surface area (Å²) in [5.41, 5.74) is 0.991. The second-order valence-electron chi connectivity index (χ2n) is 2.91. The second kappa shape index (κ2) is 6.24. The first kappa shape index (κ1) is 11.8. The van der Waals surface area contributed by atoms with Crippen molar-refractivity contribution in [2.24, 2.45) is 0 Å². The molecule has 0 atom stereocenters. The minimum absolute atomic E-state index is 0.279. The molecule has 0 aliphatic rings. The van der Waals surface area contributed by atoms with Gasteiger partial charge in [-0.2, -0.15) is 0 Å². The Kier molecular flexibility index (Phi) is 4.90. The lowest BCUT2D eigenvalue weighted by Gasteiger charge is -2.03. The van der Waals surface area contributed by atoms with Gasteiger partial charge < -0.3 is 5.32 Å². The van der Waals surface area contributed by atoms with Gasteiger partial charge in [0.2, 0.25) is 6.29 Å². The van der Waals surface area contributed by atoms with Crippen LogP contribution in [0, 0.1) is 0 Å². The van der Waals surface area contributed by atoms with Gasteiger partial charge >= 0.3 is 0 Å². The van der Waals surface area contributed by atoms with E-state index in [4.69, 9.17) is 0 Å². The van der Waals surface area contributed by atoms with Crippen molar-refractivity contribution < 1.29 is 9.59 Å². The molecule has 0 aromatic heterocycles. The minimum Gasteiger partial charge on any atom is -0.346 e. The van der Waals surface area contributed by atoms with Crippen LogP contribution in [-0.2, 0) is 16.1 Å². The number of hydrogen-bond donors (Lipinski definition) is 1. The van der Waals surface area contributed by atoms with E-state index in [0.29, 0.717) is 6.54 Å². The van der Waals surface area contributed by atoms with Crippen molar-refractivity contribution in [3.63, 3.8) is 0 Å². The molecule has 1 amide bonds. The summed E-state index contributed by atoms with van der Waals surface area (Å²) in [6, 6.07) is 7.92. The average molecular weight is 223 g/mol. The second-order valence-corrected chi connectivity index (χ2v) is 4.25. The van der Waals surface area contributed by atoms with Crippen molar-refractivity contribution in [3.8, 4) is 0 Å². The molecule has 0 aliphatic carbocycles. The Bertz CT molecular complexity index is 335. The van der Waals surface area contributed by atoms with Crippen LogP contribution in [0.2, 0.25) is 0 Å². The lowest BCUT2D eigenvalue weighted by atomic mass is 10.2. The van der Waals surface area contributed by atoms with E-state index in [1.54, 1.807) is 11.8 Å². The third kappa shape index (κ3) is 4.16. The van der Waals surface area contributed by atoms with Gasteiger partial charge in [0.05, 0.1) is 0 Å². The molecule has 0 saturated carbocycles. The van der Waals surface area contributed by atoms with E-state index in [9.17, 15) is 9.59 Å². The molecular weight excluding hydrogens is 210 g/mol. The van der Waals surface area contributed by atoms with Crippen LogP contribution >= 0.6 is 11.8 Å². The maximum atomic E-state index is 10.7. The number of carbonyl (C=O) groups is 2. The third-order valence-corrected chi connectivity index (χ3v) is 2.70. The molecule has 0 fully saturated rings. The standard InChI is InChI=1S/C11H13NO2S/c1-2-15-10-5-3-9(4-6-10)7-12-11(14)8-13/h3-6,8H,2,7H2,1H3,(H,12,14). The van der Waals surface area contributed by atoms with Crippen LogP contribution in [0.3, 0.4) is 0 Å². The summed E-state index contributed by atoms with van der Waals surface area (Å²) in [6.07, 6.45) is 0.279. The molecular formula is C11H13NO2S. The van der Waals surface area contributed by atoms with Crippen LogP contribution in [0.25, 0.3) is 0 Å². The first-order chi connectivity index (χ1) is 7.26. The maximum Gasteiger partial charge on any atom is 0.284 e. The van der Waals surface area contributed by atoms with Gasteiger partial charge in [0, 0.05) is 11.4 Å². The highest BCUT2D eigenvalue weighted by Crippen LogP contribution is 2.17. The Labute approximate surface area is 93.3 Å². The molecule has 15 heavy (non-hydrogen) atoms. The number of benzene rings is 1. The number of nitrogens with one attached hydrogen (secondary N) is 1. The summed E-state index contributed by atoms with van der Waals surface area (Å²) >= 11 is 1.77. The molecule has 0 unspecified atom stereocenters. The number of hydrogen-bond acceptors (Lipinski definition) is 3. The fourth-order valence-electron chi connectivity index (χ4n) is 1.10. The zero-order valence-corrected chi connectivity index (χ0v) is 9.34. The maximum absolute atomic E-state index is 10.7. The Morgan fingerprint density at radius 2 is 2.07 bits per heavy atom. The zero-order chi connectivity index (χ0) is 11.1. The Morgan fingerprint density at radius 1 is 1.40 bits per heavy atom. The molecule has 0 spiro atoms. The normalized spacial score (nSPS) is 9.67. The van der Waals surface area contributed by atoms with Crippen molar-refractivity contribution >= 4 is 24.0 Å². The van der Waals surface area contributed by atoms with Crippen LogP contribution in [0.1, 0.15) is 12.5 Å². The van der Waals surface area contributed by atoms with Crippen LogP contribution in [-0.4, -0.2) is 17.9 Å². The number of thioether (sulfide) groups is 1. The van der Waals surface area contributed by atoms with Gasteiger partial charge in [0.25, 0.3) is 5.91 Å². The molecule has 0 saturated heterocycles. The van der Waals surface area contributed by atoms with Crippen LogP contribution in [0.4, 0.5) is 0 Å². The molecule has 3 nitrogen and oxygen atoms in total. The number of carbonyl (C=O) groups excluding carboxylic acids is 2. The molecule has 0 bridgehead atoms. The van der Waals surface area contributed by atoms with Crippen LogP contribution in [0.5, 0.6) is 0 Å². The summed E-state index contributed by atoms with van der Waals surface area (Å²) < 4.78 is 0. The molecule has 80 valence electrons. The fraction of sp³-hybridized carbons (Fsp3) is 0.273. The number of amides is 1. The molecule has 1 rings (SSSR count). The molecule has 1 aromatic carbocycles. The monoisotopic (exact) mass is 223 g/mol. The quantitative estimate of drug-likeness (QED) is 0.468. The van der Waals surface area contributed by atoms with Crippen LogP contribution in [0.15, 0.2) is 29.2 Å². The molecule has 0 heterocycles. The van der Waals surface area contributed by atoms with Crippen LogP contribution < -0.4 is 5.32 Å². The summed E-state index contributed by atoms with van der Waals surface area (Å²) in [4.78, 5) is 21.9. The lowest BCUT2D eigenvalue weighted by molar-refractivity contribution is -0.131. The first-order valence-electron chi connectivity index (χ1n) is 4.71. The van der Waals surface area contributed by atoms with Gasteiger partial charge in [-0.3, -0.25) is 9.59 Å². The van der Waals surface area contributed by atoms with Crippen molar-refractivity contribution in [1.82, 2.24) is 5.32 Å². The van der Waals surface area contributed by atoms with E-state index in [2.05, 4.69) is 12.2 Å². The van der Waals surface area contributed by atoms with Gasteiger partial charge in [0.1, 0.15) is 0 Å². The predicted octanol–water partition coefficient (Wildman–Crippen LogP) is 1.61. The van der Waals surface area contributed by atoms with E-state index in [0.717, 1.165) is 11.3 Å². The highest BCUT2D eigenvalue weighted by molar-refractivity contribution is 7.99. The van der Waals surface area contributed by atoms with E-state index < -0.39 is 5.91 Å². The fourth-order valence-corrected chi connectivity index (χ4v) is 1.76. The van der Waals surface area contributed by atoms with Gasteiger partial charge in [-0.15, -0.1) is 11.8 Å². The lowest BCUT2D eigenvalue weighted by Crippen LogP contribution is -2.23. The molecule has 0 radical (unpaired) electrons. The first-order valence-corrected chi connectivity index (χ1v) is 5.69. The third-order valence-electron chi connectivity index (χ3n) is 1.81. The predicted molar refractivity (Wildman–Crippen MR) is 60.8 cm³/mol. The smallest absolute Gasteiger partial charge is 0.284 e. The van der Waals surface area contributed by atoms with Gasteiger partial charge in [0.15, 0.2) is 0 Å². The summed E-state index contributed by atoms with van der Waals surface area (Å²) in [5.74, 6) is 0.461. The molecule has 0 aliphatic heterocycles. The van der Waals surface area contributed by atoms with E-state index >= 15 is 0 Å². The average Bonchev–Trinajstić information content (AvgIpc) is 2.28. The van der Waals surface area contributed by atoms with Gasteiger partial charge in [-0.25, -0.2) is 0 Å². The largest absolute Gasteiger partial charge is 0.346 e. The zero-order valence-electron chi connectivity index (χ0n) is 8.53. The number of aldehydes is 1. The van der Waals surface area contributed by atoms with E-state index in [1.807, 2.05) is 24.3 Å². The van der Waals surface area contributed by atoms with E-state index in [1.165, 1.54) is 4.90 Å². The SMILES string of the molecule is CCSc1ccc(CNC(=O)C=O)cc1. The van der Waals surface area contributed by atoms with Crippen molar-refractivity contribution in [3.05, 3.63) is 29.8 Å². The van der Waals surface area contributed by atoms with Gasteiger partial charge in [-0.1, -0.05) is 19.1 Å². The molecule has 1 aromatic rings. The summed E-state index contributed by atoms with van der Waals surface area (Å²) in [6.45, 7) is 2.50. The van der Waals surface area contributed by atoms with Crippen molar-refractivity contribution in [2.75, 3.05) is 5.75 Å². The summed E-state index contributed by atoms with van der Waals surface area (Å²) in [7, 11) is 0. The minimum atomic E-state index is -0.581. The van der Waals surface area contributed by atoms with E-state index in [-0.39, 0.29) is 6.29 Å². The Balaban J connectivity index is 2.49. The topological polar surface area (TPSA) is 46.2 Å². The number of rotatable bonds is 5. The molecule has 1 N–H and O–H groups in total. The Hall–Kier alpha value is -1.29. The highest BCUT2D eigenvalue weighted by Gasteiger charge is 1.98. The van der Waals surface area contributed by atoms with Gasteiger partial charge in [-0.05, 0) is 23.4 Å². The Morgan fingerprint density at radius 3 is 2.60 bits per heavy atom. The summed E-state index contributed by atoms with van der Waals surface area (Å²) in [5, 5.41) is 2.49. The van der Waals surface area contributed by atoms with Crippen molar-refractivity contribution in [2.45, 2.75) is 18.4 Å². The molecule has 4 heteroatoms. The van der Waals surface area contributed by atoms with Crippen molar-refractivity contribution in [1.29, 1.82) is 0 Å².